The molecule has 2 rings (SSSR count). The van der Waals surface area contributed by atoms with Crippen LogP contribution in [0.1, 0.15) is 37.3 Å². The zero-order chi connectivity index (χ0) is 20.1. The topological polar surface area (TPSA) is 55.5 Å². The summed E-state index contributed by atoms with van der Waals surface area (Å²) in [5, 5.41) is 9.82. The smallest absolute Gasteiger partial charge is 0.416 e. The predicted octanol–water partition coefficient (Wildman–Crippen LogP) is 5.57. The molecule has 27 heavy (non-hydrogen) atoms. The summed E-state index contributed by atoms with van der Waals surface area (Å²) in [5.74, 6) is 0.451. The van der Waals surface area contributed by atoms with Crippen LogP contribution >= 0.6 is 11.6 Å². The van der Waals surface area contributed by atoms with Gasteiger partial charge in [-0.1, -0.05) is 30.7 Å². The fraction of sp³-hybridized carbons (Fsp3) is 0.400. The molecule has 2 aromatic rings. The van der Waals surface area contributed by atoms with E-state index in [4.69, 9.17) is 22.1 Å². The lowest BCUT2D eigenvalue weighted by Gasteiger charge is -2.25. The number of aryl methyl sites for hydroxylation is 1. The van der Waals surface area contributed by atoms with Crippen LogP contribution < -0.4 is 10.5 Å². The second-order valence-corrected chi connectivity index (χ2v) is 7.02. The summed E-state index contributed by atoms with van der Waals surface area (Å²) in [5.41, 5.74) is 5.61. The van der Waals surface area contributed by atoms with Gasteiger partial charge in [0.05, 0.1) is 12.2 Å². The van der Waals surface area contributed by atoms with Gasteiger partial charge in [-0.25, -0.2) is 0 Å². The van der Waals surface area contributed by atoms with Crippen molar-refractivity contribution in [1.82, 2.24) is 0 Å². The molecule has 0 aliphatic rings. The Morgan fingerprint density at radius 3 is 2.41 bits per heavy atom. The van der Waals surface area contributed by atoms with Crippen molar-refractivity contribution >= 4 is 11.6 Å². The summed E-state index contributed by atoms with van der Waals surface area (Å²) in [6, 6.07) is 9.72. The molecule has 0 aromatic heterocycles. The molecule has 0 amide bonds. The van der Waals surface area contributed by atoms with Gasteiger partial charge in [-0.2, -0.15) is 13.2 Å². The van der Waals surface area contributed by atoms with Crippen LogP contribution in [0.25, 0.3) is 0 Å². The second kappa shape index (κ2) is 8.95. The third-order valence-electron chi connectivity index (χ3n) is 4.56. The normalized spacial score (nSPS) is 14.0. The number of ether oxygens (including phenoxy) is 1. The summed E-state index contributed by atoms with van der Waals surface area (Å²) in [4.78, 5) is 0. The van der Waals surface area contributed by atoms with Gasteiger partial charge in [0.2, 0.25) is 0 Å². The summed E-state index contributed by atoms with van der Waals surface area (Å²) >= 11 is 6.28. The van der Waals surface area contributed by atoms with Gasteiger partial charge in [0.15, 0.2) is 0 Å². The molecule has 1 atom stereocenters. The van der Waals surface area contributed by atoms with Gasteiger partial charge in [0, 0.05) is 10.6 Å². The quantitative estimate of drug-likeness (QED) is 0.607. The van der Waals surface area contributed by atoms with Crippen LogP contribution in [0.3, 0.4) is 0 Å². The highest BCUT2D eigenvalue weighted by Gasteiger charge is 2.30. The molecule has 0 saturated carbocycles. The van der Waals surface area contributed by atoms with E-state index >= 15 is 0 Å². The summed E-state index contributed by atoms with van der Waals surface area (Å²) in [7, 11) is 0. The summed E-state index contributed by atoms with van der Waals surface area (Å²) < 4.78 is 43.8. The Morgan fingerprint density at radius 1 is 1.11 bits per heavy atom. The van der Waals surface area contributed by atoms with E-state index in [1.165, 1.54) is 12.1 Å². The number of hydrogen-bond acceptors (Lipinski definition) is 3. The number of alkyl halides is 3. The van der Waals surface area contributed by atoms with Crippen LogP contribution in [-0.2, 0) is 12.6 Å². The SMILES string of the molecule is CCC(N)(CO)CCCc1ccc(Oc2cccc(C(F)(F)F)c2)cc1Cl. The zero-order valence-corrected chi connectivity index (χ0v) is 15.8. The van der Waals surface area contributed by atoms with Crippen LogP contribution in [0.5, 0.6) is 11.5 Å². The third-order valence-corrected chi connectivity index (χ3v) is 4.91. The Bertz CT molecular complexity index is 761. The van der Waals surface area contributed by atoms with Gasteiger partial charge in [-0.05, 0) is 61.6 Å². The maximum absolute atomic E-state index is 12.8. The zero-order valence-electron chi connectivity index (χ0n) is 15.0. The Labute approximate surface area is 161 Å². The van der Waals surface area contributed by atoms with Gasteiger partial charge >= 0.3 is 6.18 Å². The van der Waals surface area contributed by atoms with Crippen LogP contribution in [-0.4, -0.2) is 17.3 Å². The predicted molar refractivity (Wildman–Crippen MR) is 100 cm³/mol. The van der Waals surface area contributed by atoms with E-state index in [2.05, 4.69) is 0 Å². The molecule has 1 unspecified atom stereocenters. The molecule has 0 aliphatic carbocycles. The number of halogens is 4. The molecule has 0 spiro atoms. The van der Waals surface area contributed by atoms with Gasteiger partial charge < -0.3 is 15.6 Å². The van der Waals surface area contributed by atoms with Crippen molar-refractivity contribution in [1.29, 1.82) is 0 Å². The molecule has 148 valence electrons. The summed E-state index contributed by atoms with van der Waals surface area (Å²) in [6.45, 7) is 1.87. The van der Waals surface area contributed by atoms with Gasteiger partial charge in [-0.3, -0.25) is 0 Å². The van der Waals surface area contributed by atoms with Crippen molar-refractivity contribution in [3.05, 3.63) is 58.6 Å². The lowest BCUT2D eigenvalue weighted by Crippen LogP contribution is -2.42. The molecule has 0 saturated heterocycles. The monoisotopic (exact) mass is 401 g/mol. The van der Waals surface area contributed by atoms with Gasteiger partial charge in [0.1, 0.15) is 11.5 Å². The van der Waals surface area contributed by atoms with Gasteiger partial charge in [-0.15, -0.1) is 0 Å². The first-order valence-corrected chi connectivity index (χ1v) is 9.08. The highest BCUT2D eigenvalue weighted by Crippen LogP contribution is 2.33. The van der Waals surface area contributed by atoms with Crippen molar-refractivity contribution in [2.75, 3.05) is 6.61 Å². The van der Waals surface area contributed by atoms with E-state index < -0.39 is 17.3 Å². The molecular formula is C20H23ClF3NO2. The van der Waals surface area contributed by atoms with E-state index in [-0.39, 0.29) is 12.4 Å². The molecule has 0 radical (unpaired) electrons. The van der Waals surface area contributed by atoms with Crippen LogP contribution in [0, 0.1) is 0 Å². The molecular weight excluding hydrogens is 379 g/mol. The first-order chi connectivity index (χ1) is 12.7. The Balaban J connectivity index is 2.02. The Kier molecular flexibility index (Phi) is 7.14. The van der Waals surface area contributed by atoms with Crippen LogP contribution in [0.2, 0.25) is 5.02 Å². The minimum absolute atomic E-state index is 0.0685. The largest absolute Gasteiger partial charge is 0.457 e. The average molecular weight is 402 g/mol. The van der Waals surface area contributed by atoms with Crippen molar-refractivity contribution < 1.29 is 23.0 Å². The van der Waals surface area contributed by atoms with E-state index in [1.54, 1.807) is 18.2 Å². The maximum Gasteiger partial charge on any atom is 0.416 e. The highest BCUT2D eigenvalue weighted by molar-refractivity contribution is 6.31. The van der Waals surface area contributed by atoms with E-state index in [9.17, 15) is 18.3 Å². The molecule has 3 nitrogen and oxygen atoms in total. The minimum Gasteiger partial charge on any atom is -0.457 e. The number of hydrogen-bond donors (Lipinski definition) is 2. The molecule has 0 heterocycles. The summed E-state index contributed by atoms with van der Waals surface area (Å²) in [6.07, 6.45) is -1.63. The average Bonchev–Trinajstić information content (AvgIpc) is 2.63. The Morgan fingerprint density at radius 2 is 1.81 bits per heavy atom. The first kappa shape index (κ1) is 21.5. The fourth-order valence-corrected chi connectivity index (χ4v) is 2.93. The molecule has 2 aromatic carbocycles. The number of aliphatic hydroxyl groups excluding tert-OH is 1. The standard InChI is InChI=1S/C20H23ClF3NO2/c1-2-19(25,13-26)10-4-5-14-8-9-17(12-18(14)21)27-16-7-3-6-15(11-16)20(22,23)24/h3,6-9,11-12,26H,2,4-5,10,13,25H2,1H3. The number of aliphatic hydroxyl groups is 1. The lowest BCUT2D eigenvalue weighted by molar-refractivity contribution is -0.137. The van der Waals surface area contributed by atoms with E-state index in [0.717, 1.165) is 24.1 Å². The number of rotatable bonds is 8. The number of benzene rings is 2. The number of nitrogens with two attached hydrogens (primary N) is 1. The molecule has 3 N–H and O–H groups in total. The Hall–Kier alpha value is -1.76. The van der Waals surface area contributed by atoms with Crippen molar-refractivity contribution in [3.63, 3.8) is 0 Å². The van der Waals surface area contributed by atoms with Crippen molar-refractivity contribution in [3.8, 4) is 11.5 Å². The third kappa shape index (κ3) is 6.13. The lowest BCUT2D eigenvalue weighted by atomic mass is 9.91. The molecule has 7 heteroatoms. The fourth-order valence-electron chi connectivity index (χ4n) is 2.66. The molecule has 0 fully saturated rings. The van der Waals surface area contributed by atoms with Crippen molar-refractivity contribution in [2.24, 2.45) is 5.73 Å². The van der Waals surface area contributed by atoms with Crippen molar-refractivity contribution in [2.45, 2.75) is 44.3 Å². The van der Waals surface area contributed by atoms with E-state index in [0.29, 0.717) is 30.0 Å². The molecule has 0 bridgehead atoms. The molecule has 0 aliphatic heterocycles. The second-order valence-electron chi connectivity index (χ2n) is 6.61. The minimum atomic E-state index is -4.42. The maximum atomic E-state index is 12.8. The van der Waals surface area contributed by atoms with E-state index in [1.807, 2.05) is 6.92 Å². The van der Waals surface area contributed by atoms with Gasteiger partial charge in [0.25, 0.3) is 0 Å². The first-order valence-electron chi connectivity index (χ1n) is 8.70. The van der Waals surface area contributed by atoms with Crippen LogP contribution in [0.15, 0.2) is 42.5 Å². The highest BCUT2D eigenvalue weighted by atomic mass is 35.5. The van der Waals surface area contributed by atoms with Crippen LogP contribution in [0.4, 0.5) is 13.2 Å².